The Morgan fingerprint density at radius 2 is 1.88 bits per heavy atom. The van der Waals surface area contributed by atoms with E-state index in [-0.39, 0.29) is 12.6 Å². The third kappa shape index (κ3) is 4.88. The molecular formula is C11H14ClF2NO. The highest BCUT2D eigenvalue weighted by Crippen LogP contribution is 2.17. The summed E-state index contributed by atoms with van der Waals surface area (Å²) in [5.41, 5.74) is 6.77. The number of rotatable bonds is 6. The second kappa shape index (κ2) is 6.78. The maximum absolute atomic E-state index is 11.8. The van der Waals surface area contributed by atoms with E-state index in [0.717, 1.165) is 5.56 Å². The molecule has 1 aromatic carbocycles. The van der Waals surface area contributed by atoms with E-state index in [1.807, 2.05) is 12.1 Å². The summed E-state index contributed by atoms with van der Waals surface area (Å²) in [4.78, 5) is 0. The molecule has 0 spiro atoms. The molecule has 0 fully saturated rings. The molecular weight excluding hydrogens is 236 g/mol. The highest BCUT2D eigenvalue weighted by molar-refractivity contribution is 6.30. The molecule has 0 aliphatic carbocycles. The zero-order chi connectivity index (χ0) is 12.0. The number of benzene rings is 1. The van der Waals surface area contributed by atoms with E-state index < -0.39 is 13.0 Å². The fourth-order valence-corrected chi connectivity index (χ4v) is 1.39. The van der Waals surface area contributed by atoms with Gasteiger partial charge in [0, 0.05) is 17.7 Å². The number of halogens is 3. The first-order valence-corrected chi connectivity index (χ1v) is 5.34. The number of hydrogen-bond donors (Lipinski definition) is 1. The Bertz CT molecular complexity index is 305. The zero-order valence-corrected chi connectivity index (χ0v) is 9.46. The third-order valence-electron chi connectivity index (χ3n) is 2.12. The molecule has 0 saturated heterocycles. The molecule has 0 aromatic heterocycles. The van der Waals surface area contributed by atoms with Crippen LogP contribution in [-0.4, -0.2) is 19.6 Å². The summed E-state index contributed by atoms with van der Waals surface area (Å²) >= 11 is 5.73. The number of hydrogen-bond acceptors (Lipinski definition) is 2. The topological polar surface area (TPSA) is 35.2 Å². The molecule has 0 radical (unpaired) electrons. The van der Waals surface area contributed by atoms with Crippen molar-refractivity contribution in [2.45, 2.75) is 18.9 Å². The van der Waals surface area contributed by atoms with E-state index >= 15 is 0 Å². The summed E-state index contributed by atoms with van der Waals surface area (Å²) in [6.07, 6.45) is -1.92. The van der Waals surface area contributed by atoms with Gasteiger partial charge in [0.2, 0.25) is 0 Å². The largest absolute Gasteiger partial charge is 0.375 e. The van der Waals surface area contributed by atoms with Crippen molar-refractivity contribution < 1.29 is 13.5 Å². The first kappa shape index (κ1) is 13.4. The average Bonchev–Trinajstić information content (AvgIpc) is 2.25. The van der Waals surface area contributed by atoms with Crippen LogP contribution < -0.4 is 5.73 Å². The first-order valence-electron chi connectivity index (χ1n) is 4.96. The standard InChI is InChI=1S/C11H14ClF2NO/c12-9-3-1-8(2-4-9)10(15)5-6-16-7-11(13)14/h1-4,10-11H,5-7,15H2. The van der Waals surface area contributed by atoms with Crippen molar-refractivity contribution in [3.63, 3.8) is 0 Å². The van der Waals surface area contributed by atoms with E-state index in [0.29, 0.717) is 11.4 Å². The Balaban J connectivity index is 2.29. The lowest BCUT2D eigenvalue weighted by molar-refractivity contribution is 0.0152. The molecule has 1 rings (SSSR count). The van der Waals surface area contributed by atoms with Crippen LogP contribution in [0.5, 0.6) is 0 Å². The van der Waals surface area contributed by atoms with Crippen LogP contribution in [0.4, 0.5) is 8.78 Å². The molecule has 2 N–H and O–H groups in total. The van der Waals surface area contributed by atoms with E-state index in [4.69, 9.17) is 22.1 Å². The fourth-order valence-electron chi connectivity index (χ4n) is 1.26. The third-order valence-corrected chi connectivity index (χ3v) is 2.37. The van der Waals surface area contributed by atoms with Gasteiger partial charge >= 0.3 is 0 Å². The Labute approximate surface area is 98.3 Å². The molecule has 0 bridgehead atoms. The van der Waals surface area contributed by atoms with Gasteiger partial charge in [0.15, 0.2) is 0 Å². The van der Waals surface area contributed by atoms with Gasteiger partial charge in [-0.1, -0.05) is 23.7 Å². The molecule has 0 saturated carbocycles. The molecule has 16 heavy (non-hydrogen) atoms. The highest BCUT2D eigenvalue weighted by Gasteiger charge is 2.07. The van der Waals surface area contributed by atoms with Crippen LogP contribution in [0.25, 0.3) is 0 Å². The molecule has 2 nitrogen and oxygen atoms in total. The van der Waals surface area contributed by atoms with Crippen molar-refractivity contribution in [1.29, 1.82) is 0 Å². The molecule has 1 unspecified atom stereocenters. The lowest BCUT2D eigenvalue weighted by Crippen LogP contribution is -2.14. The van der Waals surface area contributed by atoms with Gasteiger partial charge in [0.1, 0.15) is 6.61 Å². The molecule has 5 heteroatoms. The lowest BCUT2D eigenvalue weighted by atomic mass is 10.1. The Kier molecular flexibility index (Phi) is 5.66. The summed E-state index contributed by atoms with van der Waals surface area (Å²) in [7, 11) is 0. The maximum atomic E-state index is 11.8. The highest BCUT2D eigenvalue weighted by atomic mass is 35.5. The van der Waals surface area contributed by atoms with Gasteiger partial charge in [-0.2, -0.15) is 0 Å². The van der Waals surface area contributed by atoms with Crippen LogP contribution in [0, 0.1) is 0 Å². The molecule has 90 valence electrons. The second-order valence-corrected chi connectivity index (χ2v) is 3.85. The van der Waals surface area contributed by atoms with Gasteiger partial charge in [0.05, 0.1) is 0 Å². The number of ether oxygens (including phenoxy) is 1. The normalized spacial score (nSPS) is 13.1. The predicted octanol–water partition coefficient (Wildman–Crippen LogP) is 3.01. The summed E-state index contributed by atoms with van der Waals surface area (Å²) in [6, 6.07) is 6.92. The van der Waals surface area contributed by atoms with Crippen LogP contribution in [0.15, 0.2) is 24.3 Å². The van der Waals surface area contributed by atoms with Gasteiger partial charge in [0.25, 0.3) is 6.43 Å². The molecule has 0 heterocycles. The van der Waals surface area contributed by atoms with Crippen molar-refractivity contribution in [3.05, 3.63) is 34.9 Å². The summed E-state index contributed by atoms with van der Waals surface area (Å²) in [5.74, 6) is 0. The van der Waals surface area contributed by atoms with Crippen LogP contribution in [0.3, 0.4) is 0 Å². The van der Waals surface area contributed by atoms with E-state index in [1.54, 1.807) is 12.1 Å². The van der Waals surface area contributed by atoms with Gasteiger partial charge in [-0.15, -0.1) is 0 Å². The van der Waals surface area contributed by atoms with Crippen LogP contribution in [0.2, 0.25) is 5.02 Å². The Morgan fingerprint density at radius 3 is 2.44 bits per heavy atom. The molecule has 1 atom stereocenters. The summed E-state index contributed by atoms with van der Waals surface area (Å²) in [5, 5.41) is 0.643. The average molecular weight is 250 g/mol. The van der Waals surface area contributed by atoms with Crippen molar-refractivity contribution in [1.82, 2.24) is 0 Å². The summed E-state index contributed by atoms with van der Waals surface area (Å²) in [6.45, 7) is -0.304. The first-order chi connectivity index (χ1) is 7.59. The fraction of sp³-hybridized carbons (Fsp3) is 0.455. The van der Waals surface area contributed by atoms with Gasteiger partial charge in [-0.05, 0) is 24.1 Å². The second-order valence-electron chi connectivity index (χ2n) is 3.41. The molecule has 0 aliphatic rings. The summed E-state index contributed by atoms with van der Waals surface area (Å²) < 4.78 is 28.3. The van der Waals surface area contributed by atoms with E-state index in [1.165, 1.54) is 0 Å². The van der Waals surface area contributed by atoms with Crippen LogP contribution in [0.1, 0.15) is 18.0 Å². The van der Waals surface area contributed by atoms with Gasteiger partial charge in [-0.3, -0.25) is 0 Å². The van der Waals surface area contributed by atoms with Crippen molar-refractivity contribution >= 4 is 11.6 Å². The van der Waals surface area contributed by atoms with E-state index in [9.17, 15) is 8.78 Å². The Hall–Kier alpha value is -0.710. The van der Waals surface area contributed by atoms with Gasteiger partial charge in [-0.25, -0.2) is 8.78 Å². The monoisotopic (exact) mass is 249 g/mol. The van der Waals surface area contributed by atoms with Crippen LogP contribution in [-0.2, 0) is 4.74 Å². The minimum Gasteiger partial charge on any atom is -0.375 e. The Morgan fingerprint density at radius 1 is 1.25 bits per heavy atom. The molecule has 0 amide bonds. The van der Waals surface area contributed by atoms with Crippen molar-refractivity contribution in [3.8, 4) is 0 Å². The lowest BCUT2D eigenvalue weighted by Gasteiger charge is -2.12. The number of nitrogens with two attached hydrogens (primary N) is 1. The van der Waals surface area contributed by atoms with Gasteiger partial charge < -0.3 is 10.5 Å². The maximum Gasteiger partial charge on any atom is 0.261 e. The van der Waals surface area contributed by atoms with Crippen molar-refractivity contribution in [2.24, 2.45) is 5.73 Å². The van der Waals surface area contributed by atoms with Crippen molar-refractivity contribution in [2.75, 3.05) is 13.2 Å². The molecule has 1 aromatic rings. The van der Waals surface area contributed by atoms with E-state index in [2.05, 4.69) is 0 Å². The smallest absolute Gasteiger partial charge is 0.261 e. The predicted molar refractivity (Wildman–Crippen MR) is 59.8 cm³/mol. The quantitative estimate of drug-likeness (QED) is 0.787. The van der Waals surface area contributed by atoms with Crippen LogP contribution >= 0.6 is 11.6 Å². The zero-order valence-electron chi connectivity index (χ0n) is 8.70. The molecule has 0 aliphatic heterocycles. The number of alkyl halides is 2. The minimum absolute atomic E-state index is 0.213. The SMILES string of the molecule is NC(CCOCC(F)F)c1ccc(Cl)cc1. The minimum atomic E-state index is -2.42.